The fourth-order valence-corrected chi connectivity index (χ4v) is 2.53. The summed E-state index contributed by atoms with van der Waals surface area (Å²) < 4.78 is 0. The number of carbonyl (C=O) groups is 1. The number of hydrogen-bond acceptors (Lipinski definition) is 4. The molecule has 17 heavy (non-hydrogen) atoms. The van der Waals surface area contributed by atoms with Crippen LogP contribution in [0.2, 0.25) is 0 Å². The second kappa shape index (κ2) is 5.38. The summed E-state index contributed by atoms with van der Waals surface area (Å²) in [5, 5.41) is 2.60. The van der Waals surface area contributed by atoms with Crippen molar-refractivity contribution < 1.29 is 4.79 Å². The highest BCUT2D eigenvalue weighted by molar-refractivity contribution is 7.13. The molecule has 0 bridgehead atoms. The van der Waals surface area contributed by atoms with E-state index in [2.05, 4.69) is 16.9 Å². The Bertz CT molecular complexity index is 539. The highest BCUT2D eigenvalue weighted by Gasteiger charge is 2.12. The zero-order valence-electron chi connectivity index (χ0n) is 9.31. The van der Waals surface area contributed by atoms with Crippen LogP contribution in [-0.4, -0.2) is 21.6 Å². The lowest BCUT2D eigenvalue weighted by Gasteiger charge is -2.02. The van der Waals surface area contributed by atoms with Crippen LogP contribution in [0.1, 0.15) is 23.0 Å². The fraction of sp³-hybridized carbons (Fsp3) is 0.250. The number of aromatic nitrogens is 2. The molecule has 0 aliphatic rings. The minimum atomic E-state index is -0.138. The van der Waals surface area contributed by atoms with Crippen LogP contribution in [0.15, 0.2) is 23.8 Å². The zero-order valence-corrected chi connectivity index (χ0v) is 10.9. The van der Waals surface area contributed by atoms with Crippen molar-refractivity contribution in [1.82, 2.24) is 9.97 Å². The summed E-state index contributed by atoms with van der Waals surface area (Å²) in [5.41, 5.74) is 2.62. The summed E-state index contributed by atoms with van der Waals surface area (Å²) in [7, 11) is 0. The van der Waals surface area contributed by atoms with Gasteiger partial charge in [0, 0.05) is 23.3 Å². The zero-order chi connectivity index (χ0) is 12.3. The van der Waals surface area contributed by atoms with E-state index < -0.39 is 0 Å². The van der Waals surface area contributed by atoms with Crippen molar-refractivity contribution in [2.75, 3.05) is 5.88 Å². The van der Waals surface area contributed by atoms with Crippen LogP contribution in [-0.2, 0) is 6.42 Å². The van der Waals surface area contributed by atoms with E-state index in [-0.39, 0.29) is 11.7 Å². The normalized spacial score (nSPS) is 10.5. The van der Waals surface area contributed by atoms with Crippen LogP contribution in [0.3, 0.4) is 0 Å². The minimum absolute atomic E-state index is 0.0276. The molecule has 2 aromatic heterocycles. The maximum atomic E-state index is 11.4. The molecular weight excluding hydrogens is 256 g/mol. The third-order valence-electron chi connectivity index (χ3n) is 2.43. The lowest BCUT2D eigenvalue weighted by atomic mass is 10.1. The van der Waals surface area contributed by atoms with Gasteiger partial charge in [-0.2, -0.15) is 0 Å². The van der Waals surface area contributed by atoms with Crippen molar-refractivity contribution >= 4 is 28.7 Å². The SMILES string of the molecule is CCc1cnccc1-c1nc(C(=O)CCl)cs1. The van der Waals surface area contributed by atoms with Gasteiger partial charge >= 0.3 is 0 Å². The average molecular weight is 267 g/mol. The van der Waals surface area contributed by atoms with Gasteiger partial charge in [-0.1, -0.05) is 6.92 Å². The summed E-state index contributed by atoms with van der Waals surface area (Å²) in [6.45, 7) is 2.07. The second-order valence-electron chi connectivity index (χ2n) is 3.48. The minimum Gasteiger partial charge on any atom is -0.291 e. The maximum Gasteiger partial charge on any atom is 0.196 e. The van der Waals surface area contributed by atoms with E-state index in [0.29, 0.717) is 5.69 Å². The number of pyridine rings is 1. The van der Waals surface area contributed by atoms with Gasteiger partial charge in [0.15, 0.2) is 5.78 Å². The van der Waals surface area contributed by atoms with E-state index in [0.717, 1.165) is 22.6 Å². The van der Waals surface area contributed by atoms with Crippen LogP contribution in [0.4, 0.5) is 0 Å². The molecule has 2 heterocycles. The average Bonchev–Trinajstić information content (AvgIpc) is 2.87. The summed E-state index contributed by atoms with van der Waals surface area (Å²) >= 11 is 6.96. The molecule has 0 radical (unpaired) electrons. The molecule has 0 spiro atoms. The number of rotatable bonds is 4. The number of halogens is 1. The first-order valence-corrected chi connectivity index (χ1v) is 6.65. The molecule has 0 atom stereocenters. The van der Waals surface area contributed by atoms with Crippen molar-refractivity contribution in [3.05, 3.63) is 35.1 Å². The molecule has 5 heteroatoms. The van der Waals surface area contributed by atoms with Gasteiger partial charge in [0.1, 0.15) is 10.7 Å². The highest BCUT2D eigenvalue weighted by Crippen LogP contribution is 2.27. The molecule has 0 saturated heterocycles. The molecule has 88 valence electrons. The molecule has 2 aromatic rings. The second-order valence-corrected chi connectivity index (χ2v) is 4.61. The molecule has 0 amide bonds. The number of aryl methyl sites for hydroxylation is 1. The molecule has 0 N–H and O–H groups in total. The van der Waals surface area contributed by atoms with Gasteiger partial charge in [-0.15, -0.1) is 22.9 Å². The van der Waals surface area contributed by atoms with Crippen LogP contribution < -0.4 is 0 Å². The summed E-state index contributed by atoms with van der Waals surface area (Å²) in [5.74, 6) is -0.165. The molecule has 0 aliphatic carbocycles. The Morgan fingerprint density at radius 1 is 1.53 bits per heavy atom. The predicted octanol–water partition coefficient (Wildman–Crippen LogP) is 3.19. The number of hydrogen-bond donors (Lipinski definition) is 0. The lowest BCUT2D eigenvalue weighted by Crippen LogP contribution is -2.00. The largest absolute Gasteiger partial charge is 0.291 e. The van der Waals surface area contributed by atoms with Crippen molar-refractivity contribution in [3.63, 3.8) is 0 Å². The van der Waals surface area contributed by atoms with Gasteiger partial charge in [0.2, 0.25) is 0 Å². The number of thiazole rings is 1. The molecule has 0 aliphatic heterocycles. The van der Waals surface area contributed by atoms with E-state index in [4.69, 9.17) is 11.6 Å². The molecule has 0 saturated carbocycles. The highest BCUT2D eigenvalue weighted by atomic mass is 35.5. The fourth-order valence-electron chi connectivity index (χ4n) is 1.51. The van der Waals surface area contributed by atoms with Crippen molar-refractivity contribution in [2.45, 2.75) is 13.3 Å². The van der Waals surface area contributed by atoms with Gasteiger partial charge in [-0.25, -0.2) is 4.98 Å². The van der Waals surface area contributed by atoms with Crippen LogP contribution >= 0.6 is 22.9 Å². The van der Waals surface area contributed by atoms with E-state index >= 15 is 0 Å². The van der Waals surface area contributed by atoms with Gasteiger partial charge < -0.3 is 0 Å². The standard InChI is InChI=1S/C12H11ClN2OS/c1-2-8-6-14-4-3-9(8)12-15-10(7-17-12)11(16)5-13/h3-4,6-7H,2,5H2,1H3. The molecule has 0 fully saturated rings. The topological polar surface area (TPSA) is 42.9 Å². The molecule has 2 rings (SSSR count). The molecule has 0 aromatic carbocycles. The molecule has 3 nitrogen and oxygen atoms in total. The number of ketones is 1. The van der Waals surface area contributed by atoms with Gasteiger partial charge in [0.25, 0.3) is 0 Å². The van der Waals surface area contributed by atoms with Crippen molar-refractivity contribution in [1.29, 1.82) is 0 Å². The summed E-state index contributed by atoms with van der Waals surface area (Å²) in [4.78, 5) is 19.8. The third-order valence-corrected chi connectivity index (χ3v) is 3.54. The number of Topliss-reactive ketones (excluding diaryl/α,β-unsaturated/α-hetero) is 1. The Balaban J connectivity index is 2.40. The Morgan fingerprint density at radius 3 is 3.06 bits per heavy atom. The third kappa shape index (κ3) is 2.53. The van der Waals surface area contributed by atoms with Crippen LogP contribution in [0, 0.1) is 0 Å². The van der Waals surface area contributed by atoms with Crippen molar-refractivity contribution in [3.8, 4) is 10.6 Å². The van der Waals surface area contributed by atoms with Gasteiger partial charge in [-0.3, -0.25) is 9.78 Å². The lowest BCUT2D eigenvalue weighted by molar-refractivity contribution is 0.101. The Kier molecular flexibility index (Phi) is 3.86. The number of nitrogens with zero attached hydrogens (tertiary/aromatic N) is 2. The van der Waals surface area contributed by atoms with Crippen molar-refractivity contribution in [2.24, 2.45) is 0 Å². The van der Waals surface area contributed by atoms with Gasteiger partial charge in [-0.05, 0) is 18.1 Å². The quantitative estimate of drug-likeness (QED) is 0.630. The van der Waals surface area contributed by atoms with E-state index in [1.807, 2.05) is 12.3 Å². The maximum absolute atomic E-state index is 11.4. The first kappa shape index (κ1) is 12.2. The van der Waals surface area contributed by atoms with E-state index in [1.165, 1.54) is 11.3 Å². The Morgan fingerprint density at radius 2 is 2.35 bits per heavy atom. The number of carbonyl (C=O) groups excluding carboxylic acids is 1. The smallest absolute Gasteiger partial charge is 0.196 e. The molecular formula is C12H11ClN2OS. The summed E-state index contributed by atoms with van der Waals surface area (Å²) in [6, 6.07) is 1.92. The van der Waals surface area contributed by atoms with Gasteiger partial charge in [0.05, 0.1) is 5.88 Å². The Hall–Kier alpha value is -1.26. The number of alkyl halides is 1. The van der Waals surface area contributed by atoms with E-state index in [1.54, 1.807) is 11.6 Å². The monoisotopic (exact) mass is 266 g/mol. The Labute approximate surface area is 108 Å². The first-order valence-electron chi connectivity index (χ1n) is 5.24. The van der Waals surface area contributed by atoms with E-state index in [9.17, 15) is 4.79 Å². The van der Waals surface area contributed by atoms with Crippen LogP contribution in [0.25, 0.3) is 10.6 Å². The predicted molar refractivity (Wildman–Crippen MR) is 69.8 cm³/mol. The molecule has 0 unspecified atom stereocenters. The van der Waals surface area contributed by atoms with Crippen LogP contribution in [0.5, 0.6) is 0 Å². The summed E-state index contributed by atoms with van der Waals surface area (Å²) in [6.07, 6.45) is 4.46. The first-order chi connectivity index (χ1) is 8.26.